The van der Waals surface area contributed by atoms with E-state index in [1.807, 2.05) is 0 Å². The van der Waals surface area contributed by atoms with Crippen molar-refractivity contribution in [3.63, 3.8) is 0 Å². The van der Waals surface area contributed by atoms with Crippen molar-refractivity contribution in [3.8, 4) is 11.5 Å². The van der Waals surface area contributed by atoms with Gasteiger partial charge in [0, 0.05) is 0 Å². The molecule has 45 heavy (non-hydrogen) atoms. The summed E-state index contributed by atoms with van der Waals surface area (Å²) in [6, 6.07) is 0. The fourth-order valence-electron chi connectivity index (χ4n) is 4.85. The molecular formula is C20H26N10O13P2. The average molecular weight is 676 g/mol. The monoisotopic (exact) mass is 676 g/mol. The molecule has 7 heterocycles. The Morgan fingerprint density at radius 2 is 1.93 bits per heavy atom. The Bertz CT molecular complexity index is 1850. The van der Waals surface area contributed by atoms with E-state index in [1.165, 1.54) is 4.90 Å². The Labute approximate surface area is 249 Å². The molecule has 3 aromatic rings. The van der Waals surface area contributed by atoms with Crippen LogP contribution >= 0.6 is 16.3 Å². The number of furan rings is 1. The fourth-order valence-corrected chi connectivity index (χ4v) is 6.51. The van der Waals surface area contributed by atoms with Crippen molar-refractivity contribution < 1.29 is 57.0 Å². The maximum absolute atomic E-state index is 12.1. The molecule has 2 bridgehead atoms. The van der Waals surface area contributed by atoms with Gasteiger partial charge in [-0.3, -0.25) is 0 Å². The van der Waals surface area contributed by atoms with E-state index in [9.17, 15) is 34.6 Å². The summed E-state index contributed by atoms with van der Waals surface area (Å²) in [4.78, 5) is 66.7. The van der Waals surface area contributed by atoms with Crippen molar-refractivity contribution in [1.29, 1.82) is 0 Å². The van der Waals surface area contributed by atoms with E-state index < -0.39 is 81.7 Å². The van der Waals surface area contributed by atoms with E-state index in [1.54, 1.807) is 0 Å². The number of aliphatic hydroxyl groups is 1. The predicted molar refractivity (Wildman–Crippen MR) is 150 cm³/mol. The van der Waals surface area contributed by atoms with E-state index in [-0.39, 0.29) is 29.5 Å². The van der Waals surface area contributed by atoms with E-state index in [0.29, 0.717) is 12.0 Å². The number of nitrogens with two attached hydrogens (primary N) is 2. The van der Waals surface area contributed by atoms with Crippen LogP contribution in [0.25, 0.3) is 17.0 Å². The number of ether oxygens (including phenoxy) is 1. The van der Waals surface area contributed by atoms with Crippen molar-refractivity contribution in [3.05, 3.63) is 58.1 Å². The standard InChI is InChI=1S/C20H26N10O13P2/c21-14-8-16(28-20(22)27-14)30(4-25-8)18-11(32)12-7(41-18)2-39-45(36,37)43-13-10(31)6(1-38-44(34,35)42-12)40-19(13)29-5-26-9-15(29)23-3-24-17(9)33/h1,3,5,10,16,20,25,27-28,31-32,34-37,44-45H,2,4,21-22H2,(H,23,24,33)/b6-1+/t10-,16?,20?/m1/s1. The van der Waals surface area contributed by atoms with Gasteiger partial charge in [0.1, 0.15) is 0 Å². The number of nitrogens with zero attached hydrogens (tertiary/aromatic N) is 4. The Kier molecular flexibility index (Phi) is 6.72. The van der Waals surface area contributed by atoms with E-state index >= 15 is 0 Å². The van der Waals surface area contributed by atoms with Crippen molar-refractivity contribution >= 4 is 39.3 Å². The van der Waals surface area contributed by atoms with Gasteiger partial charge in [-0.1, -0.05) is 0 Å². The normalized spacial score (nSPS) is 28.3. The van der Waals surface area contributed by atoms with Gasteiger partial charge in [-0.05, 0) is 0 Å². The minimum absolute atomic E-state index is 0.0178. The molecule has 2 unspecified atom stereocenters. The molecule has 23 nitrogen and oxygen atoms in total. The van der Waals surface area contributed by atoms with Crippen molar-refractivity contribution in [2.45, 2.75) is 25.2 Å². The molecule has 0 radical (unpaired) electrons. The number of aromatic nitrogens is 4. The zero-order valence-corrected chi connectivity index (χ0v) is 24.4. The summed E-state index contributed by atoms with van der Waals surface area (Å²) in [6.07, 6.45) is -0.734. The second-order valence-electron chi connectivity index (χ2n) is 9.75. The zero-order chi connectivity index (χ0) is 31.8. The molecule has 3 atom stereocenters. The molecule has 25 heteroatoms. The molecule has 7 rings (SSSR count). The second-order valence-corrected chi connectivity index (χ2v) is 12.9. The van der Waals surface area contributed by atoms with Gasteiger partial charge in [0.25, 0.3) is 0 Å². The third-order valence-corrected chi connectivity index (χ3v) is 8.72. The third kappa shape index (κ3) is 5.02. The first-order chi connectivity index (χ1) is 21.3. The van der Waals surface area contributed by atoms with Crippen LogP contribution in [-0.4, -0.2) is 74.5 Å². The summed E-state index contributed by atoms with van der Waals surface area (Å²) in [5.41, 5.74) is 11.6. The van der Waals surface area contributed by atoms with Gasteiger partial charge in [-0.15, -0.1) is 0 Å². The van der Waals surface area contributed by atoms with Crippen LogP contribution < -0.4 is 42.4 Å². The summed E-state index contributed by atoms with van der Waals surface area (Å²) in [6.45, 7) is -0.868. The average Bonchev–Trinajstić information content (AvgIpc) is 3.72. The number of H-pyrrole nitrogens is 1. The van der Waals surface area contributed by atoms with Gasteiger partial charge < -0.3 is 0 Å². The van der Waals surface area contributed by atoms with Gasteiger partial charge in [-0.25, -0.2) is 0 Å². The summed E-state index contributed by atoms with van der Waals surface area (Å²) in [5.74, 6) is -3.60. The first kappa shape index (κ1) is 29.3. The van der Waals surface area contributed by atoms with E-state index in [2.05, 4.69) is 30.9 Å². The molecular weight excluding hydrogens is 650 g/mol. The third-order valence-electron chi connectivity index (χ3n) is 6.81. The van der Waals surface area contributed by atoms with Gasteiger partial charge >= 0.3 is 250 Å². The van der Waals surface area contributed by atoms with E-state index in [0.717, 1.165) is 17.2 Å². The number of hydrogen-bond acceptors (Lipinski definition) is 21. The number of hydrogen-bond donors (Lipinski definition) is 12. The Balaban J connectivity index is 1.27. The van der Waals surface area contributed by atoms with Gasteiger partial charge in [0.15, 0.2) is 0 Å². The Morgan fingerprint density at radius 1 is 1.13 bits per heavy atom. The van der Waals surface area contributed by atoms with Gasteiger partial charge in [0.2, 0.25) is 0 Å². The Morgan fingerprint density at radius 3 is 2.73 bits per heavy atom. The van der Waals surface area contributed by atoms with Crippen LogP contribution in [0.3, 0.4) is 0 Å². The molecule has 4 aliphatic rings. The first-order valence-corrected chi connectivity index (χ1v) is 16.2. The number of imidazole rings is 1. The van der Waals surface area contributed by atoms with Crippen molar-refractivity contribution in [2.24, 2.45) is 11.5 Å². The van der Waals surface area contributed by atoms with Crippen molar-refractivity contribution in [2.75, 3.05) is 11.6 Å². The minimum atomic E-state index is -5.29. The molecule has 1 fully saturated rings. The molecule has 0 aromatic carbocycles. The zero-order valence-electron chi connectivity index (χ0n) is 22.4. The van der Waals surface area contributed by atoms with Crippen LogP contribution in [0.4, 0.5) is 5.88 Å². The maximum atomic E-state index is 12.1. The first-order valence-electron chi connectivity index (χ1n) is 12.8. The summed E-state index contributed by atoms with van der Waals surface area (Å²) in [5, 5.41) is 30.7. The summed E-state index contributed by atoms with van der Waals surface area (Å²) >= 11 is 0. The molecule has 0 spiro atoms. The summed E-state index contributed by atoms with van der Waals surface area (Å²) < 4.78 is 33.2. The van der Waals surface area contributed by atoms with Crippen LogP contribution in [0.2, 0.25) is 0 Å². The Hall–Kier alpha value is -4.41. The van der Waals surface area contributed by atoms with Crippen LogP contribution in [-0.2, 0) is 24.9 Å². The van der Waals surface area contributed by atoms with Gasteiger partial charge in [-0.2, -0.15) is 0 Å². The fraction of sp³-hybridized carbons (Fsp3) is 0.250. The van der Waals surface area contributed by atoms with E-state index in [4.69, 9.17) is 38.7 Å². The number of aromatic amines is 1. The number of anilines is 1. The van der Waals surface area contributed by atoms with Gasteiger partial charge in [0.05, 0.1) is 0 Å². The summed E-state index contributed by atoms with van der Waals surface area (Å²) in [7, 11) is -10.6. The molecule has 0 saturated carbocycles. The number of aromatic hydroxyl groups is 1. The van der Waals surface area contributed by atoms with Crippen LogP contribution in [0, 0.1) is 0 Å². The SMILES string of the molecule is NC1=C2NCN(c3oc4c(c3O)O[PH](O)(O)O/C=C3/OC(n5cnc6c(=O)[nH]cnc65)=C(O[PH](O)(O)OC4)[C@@H]3O)C2NC(N)N1. The quantitative estimate of drug-likeness (QED) is 0.117. The van der Waals surface area contributed by atoms with Crippen LogP contribution in [0.5, 0.6) is 11.5 Å². The number of nitrogens with one attached hydrogen (secondary N) is 4. The molecule has 0 aliphatic carbocycles. The second kappa shape index (κ2) is 10.3. The van der Waals surface area contributed by atoms with Crippen molar-refractivity contribution in [1.82, 2.24) is 35.5 Å². The molecule has 4 aliphatic heterocycles. The molecule has 14 N–H and O–H groups in total. The number of rotatable bonds is 2. The predicted octanol–water partition coefficient (Wildman–Crippen LogP) is -3.54. The number of fused-ring (bicyclic) bond motifs is 5. The molecule has 0 amide bonds. The number of aliphatic hydroxyl groups excluding tert-OH is 1. The molecule has 244 valence electrons. The molecule has 1 saturated heterocycles. The van der Waals surface area contributed by atoms with Crippen LogP contribution in [0.1, 0.15) is 5.76 Å². The van der Waals surface area contributed by atoms with Crippen LogP contribution in [0.15, 0.2) is 51.2 Å². The molecule has 3 aromatic heterocycles. The topological polar surface area (TPSA) is 336 Å².